The SMILES string of the molecule is O=C(O)CSc1nc(C(F)(F)F)no1. The van der Waals surface area contributed by atoms with Crippen LogP contribution in [0.1, 0.15) is 5.82 Å². The lowest BCUT2D eigenvalue weighted by molar-refractivity contribution is -0.146. The van der Waals surface area contributed by atoms with E-state index in [1.165, 1.54) is 0 Å². The molecule has 0 aliphatic heterocycles. The summed E-state index contributed by atoms with van der Waals surface area (Å²) in [5.41, 5.74) is 0. The van der Waals surface area contributed by atoms with Crippen LogP contribution in [0.15, 0.2) is 9.75 Å². The summed E-state index contributed by atoms with van der Waals surface area (Å²) < 4.78 is 39.8. The molecule has 1 rings (SSSR count). The molecule has 0 saturated heterocycles. The Bertz CT molecular complexity index is 337. The Morgan fingerprint density at radius 2 is 2.21 bits per heavy atom. The topological polar surface area (TPSA) is 76.2 Å². The number of carboxylic acids is 1. The van der Waals surface area contributed by atoms with Gasteiger partial charge in [-0.1, -0.05) is 16.9 Å². The highest BCUT2D eigenvalue weighted by atomic mass is 32.2. The number of rotatable bonds is 3. The molecule has 5 nitrogen and oxygen atoms in total. The zero-order valence-electron chi connectivity index (χ0n) is 6.41. The van der Waals surface area contributed by atoms with Crippen LogP contribution in [0.5, 0.6) is 0 Å². The van der Waals surface area contributed by atoms with Crippen LogP contribution < -0.4 is 0 Å². The fraction of sp³-hybridized carbons (Fsp3) is 0.400. The molecular weight excluding hydrogens is 225 g/mol. The van der Waals surface area contributed by atoms with Gasteiger partial charge in [0.15, 0.2) is 0 Å². The van der Waals surface area contributed by atoms with Crippen molar-refractivity contribution in [2.24, 2.45) is 0 Å². The van der Waals surface area contributed by atoms with Crippen molar-refractivity contribution in [3.8, 4) is 0 Å². The predicted molar refractivity (Wildman–Crippen MR) is 37.7 cm³/mol. The minimum absolute atomic E-state index is 0.417. The van der Waals surface area contributed by atoms with Crippen molar-refractivity contribution < 1.29 is 27.6 Å². The molecule has 0 fully saturated rings. The summed E-state index contributed by atoms with van der Waals surface area (Å²) in [6.07, 6.45) is -4.68. The molecule has 0 aliphatic rings. The number of alkyl halides is 3. The molecule has 0 spiro atoms. The minimum atomic E-state index is -4.68. The molecule has 1 heterocycles. The van der Waals surface area contributed by atoms with Gasteiger partial charge in [0.05, 0.1) is 0 Å². The molecule has 0 bridgehead atoms. The van der Waals surface area contributed by atoms with Crippen LogP contribution in [0, 0.1) is 0 Å². The maximum Gasteiger partial charge on any atom is 0.455 e. The molecule has 14 heavy (non-hydrogen) atoms. The van der Waals surface area contributed by atoms with Crippen LogP contribution in [0.2, 0.25) is 0 Å². The van der Waals surface area contributed by atoms with E-state index in [0.29, 0.717) is 11.8 Å². The number of thioether (sulfide) groups is 1. The summed E-state index contributed by atoms with van der Waals surface area (Å²) in [4.78, 5) is 13.0. The minimum Gasteiger partial charge on any atom is -0.481 e. The molecule has 9 heteroatoms. The van der Waals surface area contributed by atoms with Crippen LogP contribution in [-0.4, -0.2) is 27.0 Å². The van der Waals surface area contributed by atoms with Gasteiger partial charge in [-0.15, -0.1) is 0 Å². The van der Waals surface area contributed by atoms with Gasteiger partial charge in [-0.05, 0) is 0 Å². The van der Waals surface area contributed by atoms with E-state index >= 15 is 0 Å². The van der Waals surface area contributed by atoms with E-state index in [1.54, 1.807) is 0 Å². The maximum atomic E-state index is 11.9. The van der Waals surface area contributed by atoms with Crippen molar-refractivity contribution in [1.29, 1.82) is 0 Å². The Morgan fingerprint density at radius 1 is 1.57 bits per heavy atom. The van der Waals surface area contributed by atoms with Gasteiger partial charge >= 0.3 is 12.1 Å². The number of aromatic nitrogens is 2. The fourth-order valence-corrected chi connectivity index (χ4v) is 0.995. The van der Waals surface area contributed by atoms with Crippen molar-refractivity contribution >= 4 is 17.7 Å². The van der Waals surface area contributed by atoms with Gasteiger partial charge in [0, 0.05) is 0 Å². The molecule has 0 saturated carbocycles. The second-order valence-corrected chi connectivity index (χ2v) is 2.99. The average molecular weight is 228 g/mol. The molecule has 0 radical (unpaired) electrons. The summed E-state index contributed by atoms with van der Waals surface area (Å²) in [5.74, 6) is -3.02. The smallest absolute Gasteiger partial charge is 0.455 e. The highest BCUT2D eigenvalue weighted by molar-refractivity contribution is 7.99. The molecule has 1 aromatic heterocycles. The number of nitrogens with zero attached hydrogens (tertiary/aromatic N) is 2. The number of hydrogen-bond donors (Lipinski definition) is 1. The van der Waals surface area contributed by atoms with Crippen molar-refractivity contribution in [3.05, 3.63) is 5.82 Å². The van der Waals surface area contributed by atoms with E-state index in [1.807, 2.05) is 0 Å². The summed E-state index contributed by atoms with van der Waals surface area (Å²) in [7, 11) is 0. The second kappa shape index (κ2) is 3.86. The highest BCUT2D eigenvalue weighted by Gasteiger charge is 2.37. The van der Waals surface area contributed by atoms with Gasteiger partial charge < -0.3 is 9.63 Å². The Hall–Kier alpha value is -1.25. The summed E-state index contributed by atoms with van der Waals surface area (Å²) in [6.45, 7) is 0. The highest BCUT2D eigenvalue weighted by Crippen LogP contribution is 2.28. The van der Waals surface area contributed by atoms with Gasteiger partial charge in [-0.2, -0.15) is 18.2 Å². The lowest BCUT2D eigenvalue weighted by atomic mass is 10.6. The van der Waals surface area contributed by atoms with Crippen LogP contribution in [0.3, 0.4) is 0 Å². The van der Waals surface area contributed by atoms with Gasteiger partial charge in [0.1, 0.15) is 5.75 Å². The van der Waals surface area contributed by atoms with Crippen molar-refractivity contribution in [1.82, 2.24) is 10.1 Å². The van der Waals surface area contributed by atoms with Gasteiger partial charge in [0.2, 0.25) is 0 Å². The van der Waals surface area contributed by atoms with E-state index in [4.69, 9.17) is 5.11 Å². The molecular formula is C5H3F3N2O3S. The van der Waals surface area contributed by atoms with E-state index in [0.717, 1.165) is 0 Å². The fourth-order valence-electron chi connectivity index (χ4n) is 0.507. The Morgan fingerprint density at radius 3 is 2.64 bits per heavy atom. The maximum absolute atomic E-state index is 11.9. The molecule has 0 amide bonds. The van der Waals surface area contributed by atoms with Gasteiger partial charge in [0.25, 0.3) is 11.0 Å². The molecule has 1 N–H and O–H groups in total. The quantitative estimate of drug-likeness (QED) is 0.785. The molecule has 0 aromatic carbocycles. The van der Waals surface area contributed by atoms with Crippen molar-refractivity contribution in [2.45, 2.75) is 11.4 Å². The Labute approximate surface area is 79.3 Å². The molecule has 78 valence electrons. The normalized spacial score (nSPS) is 11.6. The largest absolute Gasteiger partial charge is 0.481 e. The predicted octanol–water partition coefficient (Wildman–Crippen LogP) is 1.27. The number of carboxylic acid groups (broad SMARTS) is 1. The zero-order valence-corrected chi connectivity index (χ0v) is 7.22. The number of halogens is 3. The van der Waals surface area contributed by atoms with Gasteiger partial charge in [-0.3, -0.25) is 4.79 Å². The van der Waals surface area contributed by atoms with E-state index < -0.39 is 28.9 Å². The monoisotopic (exact) mass is 228 g/mol. The number of carbonyl (C=O) groups is 1. The zero-order chi connectivity index (χ0) is 10.8. The third kappa shape index (κ3) is 2.91. The molecule has 1 aromatic rings. The summed E-state index contributed by atoms with van der Waals surface area (Å²) >= 11 is 0.526. The first-order chi connectivity index (χ1) is 6.39. The average Bonchev–Trinajstić information content (AvgIpc) is 2.47. The first kappa shape index (κ1) is 10.8. The summed E-state index contributed by atoms with van der Waals surface area (Å²) in [5, 5.41) is 10.4. The number of hydrogen-bond acceptors (Lipinski definition) is 5. The van der Waals surface area contributed by atoms with E-state index in [2.05, 4.69) is 14.7 Å². The molecule has 0 atom stereocenters. The second-order valence-electron chi connectivity index (χ2n) is 2.06. The van der Waals surface area contributed by atoms with E-state index in [9.17, 15) is 18.0 Å². The summed E-state index contributed by atoms with van der Waals surface area (Å²) in [6, 6.07) is 0. The standard InChI is InChI=1S/C5H3F3N2O3S/c6-5(7,8)3-9-4(13-10-3)14-1-2(11)12/h1H2,(H,11,12). The van der Waals surface area contributed by atoms with Crippen LogP contribution in [-0.2, 0) is 11.0 Å². The molecule has 0 unspecified atom stereocenters. The van der Waals surface area contributed by atoms with Crippen LogP contribution in [0.25, 0.3) is 0 Å². The first-order valence-corrected chi connectivity index (χ1v) is 4.13. The van der Waals surface area contributed by atoms with Gasteiger partial charge in [-0.25, -0.2) is 0 Å². The van der Waals surface area contributed by atoms with Crippen LogP contribution in [0.4, 0.5) is 13.2 Å². The van der Waals surface area contributed by atoms with Crippen LogP contribution >= 0.6 is 11.8 Å². The van der Waals surface area contributed by atoms with Crippen molar-refractivity contribution in [2.75, 3.05) is 5.75 Å². The third-order valence-electron chi connectivity index (χ3n) is 0.980. The van der Waals surface area contributed by atoms with E-state index in [-0.39, 0.29) is 0 Å². The van der Waals surface area contributed by atoms with Crippen molar-refractivity contribution in [3.63, 3.8) is 0 Å². The lowest BCUT2D eigenvalue weighted by Crippen LogP contribution is -2.07. The Balaban J connectivity index is 2.64. The molecule has 0 aliphatic carbocycles. The third-order valence-corrected chi connectivity index (χ3v) is 1.78. The lowest BCUT2D eigenvalue weighted by Gasteiger charge is -1.95. The number of aliphatic carboxylic acids is 1. The Kier molecular flexibility index (Phi) is 2.99. The first-order valence-electron chi connectivity index (χ1n) is 3.15.